The molecule has 5 aromatic carbocycles. The van der Waals surface area contributed by atoms with E-state index in [-0.39, 0.29) is 0 Å². The number of methoxy groups -OCH3 is 2. The predicted octanol–water partition coefficient (Wildman–Crippen LogP) is 8.75. The number of fused-ring (bicyclic) bond motifs is 10. The van der Waals surface area contributed by atoms with Gasteiger partial charge in [-0.3, -0.25) is 0 Å². The molecule has 0 aliphatic heterocycles. The molecule has 2 aromatic heterocycles. The first kappa shape index (κ1) is 18.3. The first-order valence-electron chi connectivity index (χ1n) is 10.5. The Hall–Kier alpha value is -3.34. The SMILES string of the molecule is COc1ccc2sc3c4cc5ccc6c7cc(OC)ccc7sc6c5cc4ccc3c2c1. The lowest BCUT2D eigenvalue weighted by molar-refractivity contribution is 0.415. The van der Waals surface area contributed by atoms with Crippen molar-refractivity contribution in [2.75, 3.05) is 14.2 Å². The van der Waals surface area contributed by atoms with Crippen LogP contribution in [0.25, 0.3) is 61.9 Å². The Morgan fingerprint density at radius 1 is 0.469 bits per heavy atom. The van der Waals surface area contributed by atoms with Crippen LogP contribution in [0.2, 0.25) is 0 Å². The van der Waals surface area contributed by atoms with Crippen molar-refractivity contribution in [3.05, 3.63) is 72.8 Å². The van der Waals surface area contributed by atoms with E-state index in [9.17, 15) is 0 Å². The molecule has 32 heavy (non-hydrogen) atoms. The number of thiophene rings is 2. The molecule has 0 bridgehead atoms. The van der Waals surface area contributed by atoms with Gasteiger partial charge in [0, 0.05) is 51.1 Å². The van der Waals surface area contributed by atoms with Crippen LogP contribution in [0.4, 0.5) is 0 Å². The molecule has 0 N–H and O–H groups in total. The maximum atomic E-state index is 5.46. The largest absolute Gasteiger partial charge is 0.497 e. The Kier molecular flexibility index (Phi) is 3.75. The Labute approximate surface area is 192 Å². The van der Waals surface area contributed by atoms with E-state index in [2.05, 4.69) is 60.7 Å². The molecule has 7 aromatic rings. The molecule has 0 spiro atoms. The van der Waals surface area contributed by atoms with Gasteiger partial charge in [0.15, 0.2) is 0 Å². The zero-order valence-corrected chi connectivity index (χ0v) is 19.2. The van der Waals surface area contributed by atoms with Crippen molar-refractivity contribution < 1.29 is 9.47 Å². The minimum atomic E-state index is 0.902. The number of benzene rings is 5. The second kappa shape index (κ2) is 6.58. The quantitative estimate of drug-likeness (QED) is 0.245. The summed E-state index contributed by atoms with van der Waals surface area (Å²) >= 11 is 3.73. The fourth-order valence-corrected chi connectivity index (χ4v) is 7.24. The molecular weight excluding hydrogens is 432 g/mol. The van der Waals surface area contributed by atoms with Crippen LogP contribution in [0.3, 0.4) is 0 Å². The summed E-state index contributed by atoms with van der Waals surface area (Å²) in [6, 6.07) is 26.5. The monoisotopic (exact) mass is 450 g/mol. The van der Waals surface area contributed by atoms with Crippen molar-refractivity contribution in [1.29, 1.82) is 0 Å². The van der Waals surface area contributed by atoms with Gasteiger partial charge in [-0.05, 0) is 59.3 Å². The van der Waals surface area contributed by atoms with Gasteiger partial charge in [0.05, 0.1) is 14.2 Å². The highest BCUT2D eigenvalue weighted by Gasteiger charge is 2.13. The van der Waals surface area contributed by atoms with Gasteiger partial charge in [-0.25, -0.2) is 0 Å². The summed E-state index contributed by atoms with van der Waals surface area (Å²) in [5, 5.41) is 10.3. The lowest BCUT2D eigenvalue weighted by Gasteiger charge is -2.05. The third-order valence-corrected chi connectivity index (χ3v) is 8.88. The van der Waals surface area contributed by atoms with Gasteiger partial charge in [-0.15, -0.1) is 22.7 Å². The number of ether oxygens (including phenoxy) is 2. The molecule has 2 heterocycles. The fraction of sp³-hybridized carbons (Fsp3) is 0.0714. The van der Waals surface area contributed by atoms with Crippen LogP contribution < -0.4 is 9.47 Å². The van der Waals surface area contributed by atoms with Gasteiger partial charge >= 0.3 is 0 Å². The summed E-state index contributed by atoms with van der Waals surface area (Å²) in [6.07, 6.45) is 0. The van der Waals surface area contributed by atoms with Crippen molar-refractivity contribution in [3.8, 4) is 11.5 Å². The highest BCUT2D eigenvalue weighted by molar-refractivity contribution is 7.27. The van der Waals surface area contributed by atoms with E-state index in [4.69, 9.17) is 9.47 Å². The van der Waals surface area contributed by atoms with Crippen LogP contribution in [0.5, 0.6) is 11.5 Å². The summed E-state index contributed by atoms with van der Waals surface area (Å²) in [6.45, 7) is 0. The van der Waals surface area contributed by atoms with Gasteiger partial charge in [0.2, 0.25) is 0 Å². The lowest BCUT2D eigenvalue weighted by Crippen LogP contribution is -1.81. The topological polar surface area (TPSA) is 18.5 Å². The maximum Gasteiger partial charge on any atom is 0.119 e. The van der Waals surface area contributed by atoms with Crippen molar-refractivity contribution >= 4 is 84.6 Å². The summed E-state index contributed by atoms with van der Waals surface area (Å²) in [5.41, 5.74) is 0. The normalized spacial score (nSPS) is 12.1. The maximum absolute atomic E-state index is 5.46. The number of hydrogen-bond acceptors (Lipinski definition) is 4. The smallest absolute Gasteiger partial charge is 0.119 e. The molecule has 0 aliphatic rings. The molecule has 0 aliphatic carbocycles. The van der Waals surface area contributed by atoms with E-state index in [0.29, 0.717) is 0 Å². The molecular formula is C28H18O2S2. The van der Waals surface area contributed by atoms with Gasteiger partial charge in [0.25, 0.3) is 0 Å². The van der Waals surface area contributed by atoms with E-state index in [1.54, 1.807) is 14.2 Å². The zero-order chi connectivity index (χ0) is 21.4. The molecule has 0 saturated carbocycles. The lowest BCUT2D eigenvalue weighted by atomic mass is 10.00. The van der Waals surface area contributed by atoms with Crippen molar-refractivity contribution in [3.63, 3.8) is 0 Å². The van der Waals surface area contributed by atoms with Crippen molar-refractivity contribution in [1.82, 2.24) is 0 Å². The van der Waals surface area contributed by atoms with Crippen LogP contribution in [0, 0.1) is 0 Å². The van der Waals surface area contributed by atoms with Gasteiger partial charge in [-0.2, -0.15) is 0 Å². The van der Waals surface area contributed by atoms with E-state index in [0.717, 1.165) is 11.5 Å². The number of rotatable bonds is 2. The second-order valence-corrected chi connectivity index (χ2v) is 10.2. The Bertz CT molecular complexity index is 1720. The summed E-state index contributed by atoms with van der Waals surface area (Å²) in [5.74, 6) is 1.80. The average molecular weight is 451 g/mol. The van der Waals surface area contributed by atoms with Crippen LogP contribution in [0.15, 0.2) is 72.8 Å². The van der Waals surface area contributed by atoms with Gasteiger partial charge in [-0.1, -0.05) is 24.3 Å². The predicted molar refractivity (Wildman–Crippen MR) is 140 cm³/mol. The summed E-state index contributed by atoms with van der Waals surface area (Å²) < 4.78 is 16.2. The van der Waals surface area contributed by atoms with Crippen molar-refractivity contribution in [2.24, 2.45) is 0 Å². The summed E-state index contributed by atoms with van der Waals surface area (Å²) in [4.78, 5) is 0. The fourth-order valence-electron chi connectivity index (χ4n) is 4.83. The van der Waals surface area contributed by atoms with Crippen LogP contribution in [-0.4, -0.2) is 14.2 Å². The first-order chi connectivity index (χ1) is 15.7. The molecule has 154 valence electrons. The highest BCUT2D eigenvalue weighted by atomic mass is 32.1. The Balaban J connectivity index is 1.56. The number of hydrogen-bond donors (Lipinski definition) is 0. The first-order valence-corrected chi connectivity index (χ1v) is 12.1. The minimum absolute atomic E-state index is 0.902. The molecule has 0 radical (unpaired) electrons. The molecule has 7 rings (SSSR count). The van der Waals surface area contributed by atoms with E-state index in [1.807, 2.05) is 34.8 Å². The van der Waals surface area contributed by atoms with E-state index < -0.39 is 0 Å². The molecule has 0 saturated heterocycles. The standard InChI is InChI=1S/C28H18O2S2/c1-29-17-5-9-25-23(13-17)19-7-3-15-12-22-16(11-21(15)27(19)31-25)4-8-20-24-14-18(30-2)6-10-26(24)32-28(20)22/h3-14H,1-2H3. The van der Waals surface area contributed by atoms with Crippen LogP contribution in [-0.2, 0) is 0 Å². The van der Waals surface area contributed by atoms with Gasteiger partial charge in [0.1, 0.15) is 11.5 Å². The van der Waals surface area contributed by atoms with Crippen LogP contribution in [0.1, 0.15) is 0 Å². The molecule has 4 heteroatoms. The Morgan fingerprint density at radius 3 is 1.38 bits per heavy atom. The average Bonchev–Trinajstić information content (AvgIpc) is 3.40. The molecule has 0 fully saturated rings. The minimum Gasteiger partial charge on any atom is -0.497 e. The molecule has 0 unspecified atom stereocenters. The molecule has 2 nitrogen and oxygen atoms in total. The van der Waals surface area contributed by atoms with Gasteiger partial charge < -0.3 is 9.47 Å². The van der Waals surface area contributed by atoms with Crippen molar-refractivity contribution in [2.45, 2.75) is 0 Å². The molecule has 0 atom stereocenters. The third-order valence-electron chi connectivity index (χ3n) is 6.44. The van der Waals surface area contributed by atoms with E-state index >= 15 is 0 Å². The highest BCUT2D eigenvalue weighted by Crippen LogP contribution is 2.44. The zero-order valence-electron chi connectivity index (χ0n) is 17.6. The Morgan fingerprint density at radius 2 is 0.938 bits per heavy atom. The third kappa shape index (κ3) is 2.45. The molecule has 0 amide bonds. The second-order valence-electron chi connectivity index (χ2n) is 8.11. The van der Waals surface area contributed by atoms with E-state index in [1.165, 1.54) is 61.9 Å². The van der Waals surface area contributed by atoms with Crippen LogP contribution >= 0.6 is 22.7 Å². The summed E-state index contributed by atoms with van der Waals surface area (Å²) in [7, 11) is 3.45.